The number of esters is 1. The SMILES string of the molecule is CCOC(=O)C(CC)c1c[nH]c2ncccc12. The average Bonchev–Trinajstić information content (AvgIpc) is 2.75. The van der Waals surface area contributed by atoms with Crippen LogP contribution in [0.3, 0.4) is 0 Å². The monoisotopic (exact) mass is 232 g/mol. The first-order chi connectivity index (χ1) is 8.27. The highest BCUT2D eigenvalue weighted by Gasteiger charge is 2.22. The van der Waals surface area contributed by atoms with E-state index in [1.165, 1.54) is 0 Å². The molecule has 1 atom stereocenters. The van der Waals surface area contributed by atoms with Gasteiger partial charge in [0.2, 0.25) is 0 Å². The number of carbonyl (C=O) groups is 1. The molecule has 17 heavy (non-hydrogen) atoms. The highest BCUT2D eigenvalue weighted by atomic mass is 16.5. The number of nitrogens with zero attached hydrogens (tertiary/aromatic N) is 1. The largest absolute Gasteiger partial charge is 0.466 e. The molecular weight excluding hydrogens is 216 g/mol. The van der Waals surface area contributed by atoms with E-state index in [9.17, 15) is 4.79 Å². The zero-order valence-corrected chi connectivity index (χ0v) is 10.1. The molecule has 2 rings (SSSR count). The van der Waals surface area contributed by atoms with Gasteiger partial charge in [-0.05, 0) is 31.0 Å². The second kappa shape index (κ2) is 4.99. The molecule has 1 unspecified atom stereocenters. The zero-order chi connectivity index (χ0) is 12.3. The van der Waals surface area contributed by atoms with Crippen LogP contribution in [0.2, 0.25) is 0 Å². The summed E-state index contributed by atoms with van der Waals surface area (Å²) in [5.41, 5.74) is 1.78. The van der Waals surface area contributed by atoms with Gasteiger partial charge in [-0.2, -0.15) is 0 Å². The number of rotatable bonds is 4. The predicted octanol–water partition coefficient (Wildman–Crippen LogP) is 2.62. The second-order valence-corrected chi connectivity index (χ2v) is 3.86. The molecule has 0 aliphatic heterocycles. The minimum atomic E-state index is -0.215. The number of H-pyrrole nitrogens is 1. The van der Waals surface area contributed by atoms with Crippen LogP contribution in [0.1, 0.15) is 31.7 Å². The van der Waals surface area contributed by atoms with Crippen LogP contribution in [-0.2, 0) is 9.53 Å². The first-order valence-corrected chi connectivity index (χ1v) is 5.86. The van der Waals surface area contributed by atoms with Crippen LogP contribution in [0.5, 0.6) is 0 Å². The normalized spacial score (nSPS) is 12.6. The Hall–Kier alpha value is -1.84. The van der Waals surface area contributed by atoms with E-state index in [-0.39, 0.29) is 11.9 Å². The Balaban J connectivity index is 2.40. The third kappa shape index (κ3) is 2.16. The molecule has 0 aromatic carbocycles. The summed E-state index contributed by atoms with van der Waals surface area (Å²) in [4.78, 5) is 19.2. The molecule has 0 aliphatic rings. The van der Waals surface area contributed by atoms with Gasteiger partial charge in [0, 0.05) is 17.8 Å². The molecule has 2 aromatic heterocycles. The van der Waals surface area contributed by atoms with Crippen molar-refractivity contribution in [1.29, 1.82) is 0 Å². The number of pyridine rings is 1. The van der Waals surface area contributed by atoms with Crippen molar-refractivity contribution in [2.75, 3.05) is 6.61 Å². The van der Waals surface area contributed by atoms with E-state index >= 15 is 0 Å². The van der Waals surface area contributed by atoms with E-state index < -0.39 is 0 Å². The number of fused-ring (bicyclic) bond motifs is 1. The van der Waals surface area contributed by atoms with Crippen molar-refractivity contribution < 1.29 is 9.53 Å². The number of aromatic nitrogens is 2. The Morgan fingerprint density at radius 3 is 3.06 bits per heavy atom. The molecular formula is C13H16N2O2. The number of ether oxygens (including phenoxy) is 1. The lowest BCUT2D eigenvalue weighted by molar-refractivity contribution is -0.145. The van der Waals surface area contributed by atoms with Crippen LogP contribution >= 0.6 is 0 Å². The topological polar surface area (TPSA) is 55.0 Å². The standard InChI is InChI=1S/C13H16N2O2/c1-3-9(13(16)17-4-2)11-8-15-12-10(11)6-5-7-14-12/h5-9H,3-4H2,1-2H3,(H,14,15). The van der Waals surface area contributed by atoms with Crippen LogP contribution < -0.4 is 0 Å². The summed E-state index contributed by atoms with van der Waals surface area (Å²) in [6, 6.07) is 3.84. The van der Waals surface area contributed by atoms with Gasteiger partial charge in [-0.1, -0.05) is 6.92 Å². The van der Waals surface area contributed by atoms with E-state index in [4.69, 9.17) is 4.74 Å². The fourth-order valence-electron chi connectivity index (χ4n) is 2.02. The van der Waals surface area contributed by atoms with Gasteiger partial charge in [-0.15, -0.1) is 0 Å². The van der Waals surface area contributed by atoms with Crippen molar-refractivity contribution in [3.8, 4) is 0 Å². The third-order valence-corrected chi connectivity index (χ3v) is 2.84. The Bertz CT molecular complexity index is 519. The average molecular weight is 232 g/mol. The molecule has 4 nitrogen and oxygen atoms in total. The summed E-state index contributed by atoms with van der Waals surface area (Å²) >= 11 is 0. The van der Waals surface area contributed by atoms with Crippen molar-refractivity contribution in [3.05, 3.63) is 30.1 Å². The third-order valence-electron chi connectivity index (χ3n) is 2.84. The zero-order valence-electron chi connectivity index (χ0n) is 10.1. The quantitative estimate of drug-likeness (QED) is 0.824. The van der Waals surface area contributed by atoms with Crippen molar-refractivity contribution in [1.82, 2.24) is 9.97 Å². The van der Waals surface area contributed by atoms with Crippen molar-refractivity contribution in [3.63, 3.8) is 0 Å². The summed E-state index contributed by atoms with van der Waals surface area (Å²) in [5.74, 6) is -0.382. The summed E-state index contributed by atoms with van der Waals surface area (Å²) in [7, 11) is 0. The van der Waals surface area contributed by atoms with Crippen molar-refractivity contribution >= 4 is 17.0 Å². The first kappa shape index (κ1) is 11.6. The Labute approximate surface area is 100 Å². The number of nitrogens with one attached hydrogen (secondary N) is 1. The maximum Gasteiger partial charge on any atom is 0.313 e. The van der Waals surface area contributed by atoms with Crippen LogP contribution in [-0.4, -0.2) is 22.5 Å². The lowest BCUT2D eigenvalue weighted by atomic mass is 9.97. The molecule has 0 saturated heterocycles. The predicted molar refractivity (Wildman–Crippen MR) is 65.8 cm³/mol. The van der Waals surface area contributed by atoms with Crippen LogP contribution in [0.25, 0.3) is 11.0 Å². The summed E-state index contributed by atoms with van der Waals surface area (Å²) in [5, 5.41) is 0.993. The Morgan fingerprint density at radius 1 is 1.53 bits per heavy atom. The van der Waals surface area contributed by atoms with E-state index in [0.717, 1.165) is 23.0 Å². The van der Waals surface area contributed by atoms with E-state index in [1.54, 1.807) is 6.20 Å². The maximum absolute atomic E-state index is 11.9. The summed E-state index contributed by atoms with van der Waals surface area (Å²) < 4.78 is 5.09. The molecule has 0 radical (unpaired) electrons. The van der Waals surface area contributed by atoms with Gasteiger partial charge in [-0.25, -0.2) is 4.98 Å². The highest BCUT2D eigenvalue weighted by molar-refractivity contribution is 5.88. The van der Waals surface area contributed by atoms with Gasteiger partial charge in [0.1, 0.15) is 5.65 Å². The fourth-order valence-corrected chi connectivity index (χ4v) is 2.02. The van der Waals surface area contributed by atoms with Gasteiger partial charge in [0.25, 0.3) is 0 Å². The molecule has 0 spiro atoms. The molecule has 0 fully saturated rings. The van der Waals surface area contributed by atoms with E-state index in [0.29, 0.717) is 6.61 Å². The highest BCUT2D eigenvalue weighted by Crippen LogP contribution is 2.27. The van der Waals surface area contributed by atoms with Gasteiger partial charge in [0.05, 0.1) is 12.5 Å². The lowest BCUT2D eigenvalue weighted by Crippen LogP contribution is -2.14. The molecule has 1 N–H and O–H groups in total. The van der Waals surface area contributed by atoms with Crippen molar-refractivity contribution in [2.45, 2.75) is 26.2 Å². The lowest BCUT2D eigenvalue weighted by Gasteiger charge is -2.12. The van der Waals surface area contributed by atoms with Crippen LogP contribution in [0, 0.1) is 0 Å². The number of hydrogen-bond acceptors (Lipinski definition) is 3. The molecule has 0 aliphatic carbocycles. The van der Waals surface area contributed by atoms with Gasteiger partial charge in [0.15, 0.2) is 0 Å². The molecule has 0 saturated carbocycles. The maximum atomic E-state index is 11.9. The van der Waals surface area contributed by atoms with E-state index in [1.807, 2.05) is 32.2 Å². The summed E-state index contributed by atoms with van der Waals surface area (Å²) in [6.45, 7) is 4.22. The van der Waals surface area contributed by atoms with Crippen molar-refractivity contribution in [2.24, 2.45) is 0 Å². The van der Waals surface area contributed by atoms with Gasteiger partial charge >= 0.3 is 5.97 Å². The van der Waals surface area contributed by atoms with Gasteiger partial charge in [-0.3, -0.25) is 4.79 Å². The van der Waals surface area contributed by atoms with Crippen LogP contribution in [0.4, 0.5) is 0 Å². The number of hydrogen-bond donors (Lipinski definition) is 1. The first-order valence-electron chi connectivity index (χ1n) is 5.86. The Kier molecular flexibility index (Phi) is 3.42. The molecule has 90 valence electrons. The molecule has 2 aromatic rings. The van der Waals surface area contributed by atoms with E-state index in [2.05, 4.69) is 9.97 Å². The fraction of sp³-hybridized carbons (Fsp3) is 0.385. The van der Waals surface area contributed by atoms with Crippen LogP contribution in [0.15, 0.2) is 24.5 Å². The molecule has 0 amide bonds. The summed E-state index contributed by atoms with van der Waals surface area (Å²) in [6.07, 6.45) is 4.30. The molecule has 4 heteroatoms. The Morgan fingerprint density at radius 2 is 2.35 bits per heavy atom. The second-order valence-electron chi connectivity index (χ2n) is 3.86. The number of aromatic amines is 1. The molecule has 2 heterocycles. The minimum Gasteiger partial charge on any atom is -0.466 e. The molecule has 0 bridgehead atoms. The smallest absolute Gasteiger partial charge is 0.313 e. The number of carbonyl (C=O) groups excluding carboxylic acids is 1. The van der Waals surface area contributed by atoms with Gasteiger partial charge < -0.3 is 9.72 Å². The minimum absolute atomic E-state index is 0.167.